The SMILES string of the molecule is CCS(=O)(=O)Nc1ccc(-c2nn(C)c3c(-c4cnn(CCCCC(=O)N[C@H](C(=O)N5C[C@H](O)C[C@H]5C(=O)NCc5ccc(-c6scnc6C)cc5)C(C)(C)C)c4)cnc(N)c23)cc1OCc1ccc(F)cc1. The Morgan fingerprint density at radius 1 is 0.986 bits per heavy atom. The first kappa shape index (κ1) is 52.1. The second kappa shape index (κ2) is 21.9. The molecule has 5 heterocycles. The molecule has 0 bridgehead atoms. The Morgan fingerprint density at radius 2 is 1.71 bits per heavy atom. The van der Waals surface area contributed by atoms with E-state index in [4.69, 9.17) is 15.6 Å². The van der Waals surface area contributed by atoms with Gasteiger partial charge in [-0.2, -0.15) is 10.2 Å². The average Bonchev–Trinajstić information content (AvgIpc) is 4.18. The summed E-state index contributed by atoms with van der Waals surface area (Å²) in [5.41, 5.74) is 14.6. The van der Waals surface area contributed by atoms with Crippen molar-refractivity contribution in [2.75, 3.05) is 22.8 Å². The molecule has 7 aromatic rings. The predicted molar refractivity (Wildman–Crippen MR) is 279 cm³/mol. The lowest BCUT2D eigenvalue weighted by Gasteiger charge is -2.35. The van der Waals surface area contributed by atoms with Crippen LogP contribution in [0.5, 0.6) is 5.75 Å². The van der Waals surface area contributed by atoms with Crippen LogP contribution in [0.15, 0.2) is 90.8 Å². The van der Waals surface area contributed by atoms with Crippen LogP contribution in [0.25, 0.3) is 43.7 Å². The van der Waals surface area contributed by atoms with E-state index in [-0.39, 0.29) is 73.2 Å². The number of nitrogens with two attached hydrogens (primary N) is 1. The number of hydrogen-bond acceptors (Lipinski definition) is 13. The van der Waals surface area contributed by atoms with Gasteiger partial charge in [0.25, 0.3) is 0 Å². The second-order valence-corrected chi connectivity index (χ2v) is 22.1. The van der Waals surface area contributed by atoms with Gasteiger partial charge in [-0.25, -0.2) is 22.8 Å². The molecule has 0 radical (unpaired) electrons. The minimum Gasteiger partial charge on any atom is -0.487 e. The number of thiazole rings is 1. The number of nitrogens with one attached hydrogen (secondary N) is 3. The van der Waals surface area contributed by atoms with Gasteiger partial charge in [-0.1, -0.05) is 63.2 Å². The minimum absolute atomic E-state index is 0.0219. The molecule has 4 aromatic heterocycles. The Kier molecular flexibility index (Phi) is 15.6. The van der Waals surface area contributed by atoms with E-state index in [1.165, 1.54) is 24.0 Å². The van der Waals surface area contributed by atoms with Gasteiger partial charge in [-0.3, -0.25) is 28.5 Å². The smallest absolute Gasteiger partial charge is 0.246 e. The number of nitrogen functional groups attached to an aromatic ring is 1. The molecule has 1 saturated heterocycles. The van der Waals surface area contributed by atoms with Crippen molar-refractivity contribution in [2.24, 2.45) is 12.5 Å². The number of aliphatic hydroxyl groups excluding tert-OH is 1. The van der Waals surface area contributed by atoms with Gasteiger partial charge in [0, 0.05) is 68.6 Å². The van der Waals surface area contributed by atoms with Crippen molar-refractivity contribution in [1.82, 2.24) is 45.1 Å². The highest BCUT2D eigenvalue weighted by molar-refractivity contribution is 7.92. The molecule has 3 atom stereocenters. The van der Waals surface area contributed by atoms with Crippen LogP contribution < -0.4 is 25.8 Å². The fourth-order valence-electron chi connectivity index (χ4n) is 8.80. The zero-order valence-corrected chi connectivity index (χ0v) is 43.2. The number of halogens is 1. The van der Waals surface area contributed by atoms with Crippen LogP contribution in [0, 0.1) is 18.2 Å². The first-order valence-electron chi connectivity index (χ1n) is 24.0. The number of carbonyl (C=O) groups is 3. The van der Waals surface area contributed by atoms with Gasteiger partial charge in [-0.15, -0.1) is 11.3 Å². The van der Waals surface area contributed by atoms with Crippen molar-refractivity contribution in [3.8, 4) is 38.6 Å². The number of sulfonamides is 1. The summed E-state index contributed by atoms with van der Waals surface area (Å²) >= 11 is 1.57. The molecule has 0 spiro atoms. The summed E-state index contributed by atoms with van der Waals surface area (Å²) in [6.07, 6.45) is 5.69. The fraction of sp³-hybridized carbons (Fsp3) is 0.365. The molecule has 3 aromatic carbocycles. The zero-order valence-electron chi connectivity index (χ0n) is 41.6. The number of likely N-dealkylation sites (tertiary alicyclic amines) is 1. The number of aryl methyl sites for hydroxylation is 3. The summed E-state index contributed by atoms with van der Waals surface area (Å²) in [7, 11) is -1.88. The molecular formula is C52H60FN11O7S2. The van der Waals surface area contributed by atoms with E-state index in [0.29, 0.717) is 52.7 Å². The number of aromatic nitrogens is 6. The summed E-state index contributed by atoms with van der Waals surface area (Å²) in [5, 5.41) is 26.5. The first-order chi connectivity index (χ1) is 34.8. The number of ether oxygens (including phenoxy) is 1. The summed E-state index contributed by atoms with van der Waals surface area (Å²) in [6, 6.07) is 16.8. The molecule has 1 aliphatic rings. The highest BCUT2D eigenvalue weighted by Crippen LogP contribution is 2.40. The van der Waals surface area contributed by atoms with Crippen LogP contribution in [-0.2, 0) is 51.2 Å². The Hall–Kier alpha value is -7.23. The van der Waals surface area contributed by atoms with E-state index >= 15 is 0 Å². The molecule has 3 amide bonds. The van der Waals surface area contributed by atoms with Gasteiger partial charge >= 0.3 is 0 Å². The van der Waals surface area contributed by atoms with Crippen molar-refractivity contribution >= 4 is 61.5 Å². The number of β-amino-alcohol motifs (C(OH)–C–C–N with tert-alkyl or cyclic N) is 1. The fourth-order valence-corrected chi connectivity index (χ4v) is 10.3. The zero-order chi connectivity index (χ0) is 52.2. The van der Waals surface area contributed by atoms with Crippen LogP contribution in [-0.4, -0.2) is 96.2 Å². The summed E-state index contributed by atoms with van der Waals surface area (Å²) in [6.45, 7) is 9.80. The number of hydrogen-bond donors (Lipinski definition) is 5. The molecule has 0 aliphatic carbocycles. The van der Waals surface area contributed by atoms with Gasteiger partial charge < -0.3 is 31.1 Å². The lowest BCUT2D eigenvalue weighted by atomic mass is 9.85. The number of amides is 3. The Balaban J connectivity index is 0.890. The predicted octanol–water partition coefficient (Wildman–Crippen LogP) is 6.97. The number of unbranched alkanes of at least 4 members (excludes halogenated alkanes) is 1. The number of anilines is 2. The monoisotopic (exact) mass is 1030 g/mol. The number of rotatable bonds is 19. The molecule has 6 N–H and O–H groups in total. The molecule has 1 aliphatic heterocycles. The number of pyridine rings is 1. The highest BCUT2D eigenvalue weighted by atomic mass is 32.2. The number of nitrogens with zero attached hydrogens (tertiary/aromatic N) is 7. The number of benzene rings is 3. The molecular weight excluding hydrogens is 974 g/mol. The minimum atomic E-state index is -3.66. The van der Waals surface area contributed by atoms with Gasteiger partial charge in [0.1, 0.15) is 41.8 Å². The van der Waals surface area contributed by atoms with E-state index in [0.717, 1.165) is 27.3 Å². The molecule has 21 heteroatoms. The third-order valence-electron chi connectivity index (χ3n) is 12.8. The highest BCUT2D eigenvalue weighted by Gasteiger charge is 2.44. The van der Waals surface area contributed by atoms with E-state index in [2.05, 4.69) is 30.4 Å². The number of carbonyl (C=O) groups excluding carboxylic acids is 3. The lowest BCUT2D eigenvalue weighted by Crippen LogP contribution is -2.57. The molecule has 384 valence electrons. The molecule has 73 heavy (non-hydrogen) atoms. The van der Waals surface area contributed by atoms with Crippen molar-refractivity contribution in [3.05, 3.63) is 113 Å². The average molecular weight is 1030 g/mol. The van der Waals surface area contributed by atoms with Crippen LogP contribution in [0.3, 0.4) is 0 Å². The third-order valence-corrected chi connectivity index (χ3v) is 15.1. The number of aliphatic hydroxyl groups is 1. The second-order valence-electron chi connectivity index (χ2n) is 19.3. The number of fused-ring (bicyclic) bond motifs is 1. The van der Waals surface area contributed by atoms with Gasteiger partial charge in [0.05, 0.1) is 50.7 Å². The maximum absolute atomic E-state index is 14.2. The normalized spacial score (nSPS) is 15.4. The Bertz CT molecular complexity index is 3240. The summed E-state index contributed by atoms with van der Waals surface area (Å²) in [5.74, 6) is -1.19. The molecule has 1 fully saturated rings. The van der Waals surface area contributed by atoms with Crippen LogP contribution in [0.4, 0.5) is 15.9 Å². The van der Waals surface area contributed by atoms with E-state index in [1.807, 2.05) is 63.7 Å². The molecule has 8 rings (SSSR count). The Morgan fingerprint density at radius 3 is 2.41 bits per heavy atom. The van der Waals surface area contributed by atoms with Crippen LogP contribution in [0.2, 0.25) is 0 Å². The van der Waals surface area contributed by atoms with Gasteiger partial charge in [-0.05, 0) is 73.1 Å². The first-order valence-corrected chi connectivity index (χ1v) is 26.5. The van der Waals surface area contributed by atoms with Crippen LogP contribution >= 0.6 is 11.3 Å². The maximum atomic E-state index is 14.2. The largest absolute Gasteiger partial charge is 0.487 e. The summed E-state index contributed by atoms with van der Waals surface area (Å²) < 4.78 is 51.0. The van der Waals surface area contributed by atoms with Crippen molar-refractivity contribution in [1.29, 1.82) is 0 Å². The topological polar surface area (TPSA) is 242 Å². The van der Waals surface area contributed by atoms with Crippen molar-refractivity contribution in [3.63, 3.8) is 0 Å². The van der Waals surface area contributed by atoms with E-state index < -0.39 is 39.5 Å². The third kappa shape index (κ3) is 12.2. The quantitative estimate of drug-likeness (QED) is 0.0516. The van der Waals surface area contributed by atoms with Gasteiger partial charge in [0.15, 0.2) is 0 Å². The maximum Gasteiger partial charge on any atom is 0.246 e. The van der Waals surface area contributed by atoms with E-state index in [9.17, 15) is 32.3 Å². The Labute approximate surface area is 427 Å². The molecule has 0 saturated carbocycles. The lowest BCUT2D eigenvalue weighted by molar-refractivity contribution is -0.144. The van der Waals surface area contributed by atoms with Gasteiger partial charge in [0.2, 0.25) is 27.7 Å². The standard InChI is InChI=1S/C52H60FN11O7S2/c1-7-73(69,70)61-40-20-17-35(22-42(40)71-29-33-13-18-37(53)19-14-33)45-44-46(62(6)60-45)39(26-55-49(44)54)36-25-58-63(27-36)21-9-8-10-43(66)59-48(52(3,4)5)51(68)64-28-38(65)23-41(64)50(67)56-24-32-11-15-34(16-12-32)47-31(2)57-30-72-47/h11-20,22,25-27,30,38,41,48,61,65H,7-10,21,23-24,28-29H2,1-6H3,(H2,54,55)(H,56,67)(H,59,66)/t38-,41+,48-/m1/s1. The molecule has 0 unspecified atom stereocenters. The molecule has 18 nitrogen and oxygen atoms in total. The summed E-state index contributed by atoms with van der Waals surface area (Å²) in [4.78, 5) is 52.5. The van der Waals surface area contributed by atoms with Crippen LogP contribution in [0.1, 0.15) is 70.2 Å². The van der Waals surface area contributed by atoms with Crippen molar-refractivity contribution in [2.45, 2.75) is 98.2 Å². The van der Waals surface area contributed by atoms with Crippen molar-refractivity contribution < 1.29 is 37.0 Å². The van der Waals surface area contributed by atoms with E-state index in [1.54, 1.807) is 70.5 Å².